The molecule has 0 saturated heterocycles. The number of aromatic nitrogens is 2. The summed E-state index contributed by atoms with van der Waals surface area (Å²) in [5, 5.41) is 9.33. The Labute approximate surface area is 508 Å². The molecule has 0 aliphatic heterocycles. The first-order valence-electron chi connectivity index (χ1n) is 30.0. The Morgan fingerprint density at radius 2 is 0.455 bits per heavy atom. The molecule has 412 valence electrons. The average Bonchev–Trinajstić information content (AvgIpc) is 1.87. The first kappa shape index (κ1) is 50.8. The topological polar surface area (TPSA) is 36.1 Å². The lowest BCUT2D eigenvalue weighted by Crippen LogP contribution is -1.96. The van der Waals surface area contributed by atoms with E-state index in [4.69, 9.17) is 8.83 Å². The summed E-state index contributed by atoms with van der Waals surface area (Å²) >= 11 is 0. The maximum absolute atomic E-state index is 6.32. The molecule has 0 fully saturated rings. The molecule has 4 aromatic heterocycles. The number of hydrogen-bond acceptors (Lipinski definition) is 2. The number of hydrogen-bond donors (Lipinski definition) is 0. The lowest BCUT2D eigenvalue weighted by molar-refractivity contribution is 0.669. The molecule has 0 amide bonds. The van der Waals surface area contributed by atoms with Gasteiger partial charge in [0.05, 0.1) is 22.1 Å². The van der Waals surface area contributed by atoms with Gasteiger partial charge >= 0.3 is 0 Å². The van der Waals surface area contributed by atoms with Gasteiger partial charge in [-0.2, -0.15) is 0 Å². The summed E-state index contributed by atoms with van der Waals surface area (Å²) in [6, 6.07) is 117. The summed E-state index contributed by atoms with van der Waals surface area (Å²) < 4.78 is 17.5. The smallest absolute Gasteiger partial charge is 0.136 e. The molecule has 4 heteroatoms. The molecular weight excluding hydrogens is 1070 g/mol. The minimum absolute atomic E-state index is 0.915. The van der Waals surface area contributed by atoms with Crippen LogP contribution in [0.2, 0.25) is 0 Å². The molecule has 0 atom stereocenters. The van der Waals surface area contributed by atoms with Crippen molar-refractivity contribution in [3.8, 4) is 78.1 Å². The zero-order chi connectivity index (χ0) is 58.1. The summed E-state index contributed by atoms with van der Waals surface area (Å²) in [6.07, 6.45) is 0. The number of para-hydroxylation sites is 4. The molecule has 88 heavy (non-hydrogen) atoms. The average molecular weight is 1120 g/mol. The highest BCUT2D eigenvalue weighted by atomic mass is 16.3. The van der Waals surface area contributed by atoms with Crippen LogP contribution >= 0.6 is 0 Å². The highest BCUT2D eigenvalue weighted by molar-refractivity contribution is 6.19. The van der Waals surface area contributed by atoms with E-state index >= 15 is 0 Å². The summed E-state index contributed by atoms with van der Waals surface area (Å²) in [5.74, 6) is 0. The van der Waals surface area contributed by atoms with Gasteiger partial charge in [-0.1, -0.05) is 237 Å². The second-order valence-electron chi connectivity index (χ2n) is 22.8. The third-order valence-electron chi connectivity index (χ3n) is 17.5. The highest BCUT2D eigenvalue weighted by Gasteiger charge is 2.20. The lowest BCUT2D eigenvalue weighted by Gasteiger charge is -2.15. The second kappa shape index (κ2) is 21.1. The molecule has 18 rings (SSSR count). The minimum Gasteiger partial charge on any atom is -0.456 e. The summed E-state index contributed by atoms with van der Waals surface area (Å²) in [4.78, 5) is 0. The molecule has 0 spiro atoms. The molecule has 0 radical (unpaired) electrons. The molecule has 0 unspecified atom stereocenters. The van der Waals surface area contributed by atoms with Crippen molar-refractivity contribution in [3.63, 3.8) is 0 Å². The van der Waals surface area contributed by atoms with Gasteiger partial charge < -0.3 is 18.0 Å². The van der Waals surface area contributed by atoms with E-state index in [0.29, 0.717) is 0 Å². The minimum atomic E-state index is 0.915. The van der Waals surface area contributed by atoms with Crippen LogP contribution in [0, 0.1) is 0 Å². The van der Waals surface area contributed by atoms with E-state index in [1.165, 1.54) is 110 Å². The lowest BCUT2D eigenvalue weighted by atomic mass is 9.95. The molecule has 0 aliphatic carbocycles. The first-order chi connectivity index (χ1) is 43.6. The molecular formula is C84H54N2O2. The third-order valence-corrected chi connectivity index (χ3v) is 17.5. The fraction of sp³-hybridized carbons (Fsp3) is 0. The molecule has 0 saturated carbocycles. The number of nitrogens with zero attached hydrogens (tertiary/aromatic N) is 2. The second-order valence-corrected chi connectivity index (χ2v) is 22.8. The van der Waals surface area contributed by atoms with E-state index in [0.717, 1.165) is 55.3 Å². The first-order valence-corrected chi connectivity index (χ1v) is 30.0. The van der Waals surface area contributed by atoms with Crippen molar-refractivity contribution >= 4 is 87.5 Å². The summed E-state index contributed by atoms with van der Waals surface area (Å²) in [6.45, 7) is 0. The Balaban J connectivity index is 0.000000137. The normalized spacial score (nSPS) is 11.6. The summed E-state index contributed by atoms with van der Waals surface area (Å²) in [7, 11) is 0. The van der Waals surface area contributed by atoms with Gasteiger partial charge in [-0.15, -0.1) is 0 Å². The van der Waals surface area contributed by atoms with Crippen LogP contribution in [0.15, 0.2) is 336 Å². The predicted octanol–water partition coefficient (Wildman–Crippen LogP) is 23.4. The van der Waals surface area contributed by atoms with Crippen LogP contribution in [0.1, 0.15) is 0 Å². The van der Waals surface area contributed by atoms with E-state index in [2.05, 4.69) is 312 Å². The molecule has 18 aromatic rings. The van der Waals surface area contributed by atoms with Gasteiger partial charge in [0.25, 0.3) is 0 Å². The third kappa shape index (κ3) is 8.85. The monoisotopic (exact) mass is 1120 g/mol. The van der Waals surface area contributed by atoms with E-state index in [1.54, 1.807) is 0 Å². The van der Waals surface area contributed by atoms with Crippen LogP contribution < -0.4 is 0 Å². The predicted molar refractivity (Wildman–Crippen MR) is 369 cm³/mol. The number of benzene rings is 14. The maximum Gasteiger partial charge on any atom is 0.136 e. The quantitative estimate of drug-likeness (QED) is 0.152. The highest BCUT2D eigenvalue weighted by Crippen LogP contribution is 2.43. The molecule has 4 nitrogen and oxygen atoms in total. The fourth-order valence-electron chi connectivity index (χ4n) is 13.3. The van der Waals surface area contributed by atoms with Gasteiger partial charge in [0, 0.05) is 54.5 Å². The molecule has 0 aliphatic rings. The van der Waals surface area contributed by atoms with Gasteiger partial charge in [0.1, 0.15) is 22.3 Å². The summed E-state index contributed by atoms with van der Waals surface area (Å²) in [5.41, 5.74) is 25.0. The zero-order valence-corrected chi connectivity index (χ0v) is 47.9. The molecule has 14 aromatic carbocycles. The van der Waals surface area contributed by atoms with Crippen molar-refractivity contribution in [2.75, 3.05) is 0 Å². The van der Waals surface area contributed by atoms with Crippen LogP contribution in [-0.2, 0) is 0 Å². The van der Waals surface area contributed by atoms with Crippen molar-refractivity contribution in [2.24, 2.45) is 0 Å². The largest absolute Gasteiger partial charge is 0.456 e. The van der Waals surface area contributed by atoms with Crippen LogP contribution in [0.25, 0.3) is 166 Å². The van der Waals surface area contributed by atoms with E-state index in [1.807, 2.05) is 24.3 Å². The van der Waals surface area contributed by atoms with E-state index < -0.39 is 0 Å². The van der Waals surface area contributed by atoms with Crippen LogP contribution in [0.3, 0.4) is 0 Å². The van der Waals surface area contributed by atoms with Crippen molar-refractivity contribution < 1.29 is 8.83 Å². The van der Waals surface area contributed by atoms with Gasteiger partial charge in [-0.25, -0.2) is 0 Å². The number of rotatable bonds is 8. The maximum atomic E-state index is 6.32. The Bertz CT molecular complexity index is 5660. The zero-order valence-electron chi connectivity index (χ0n) is 47.9. The van der Waals surface area contributed by atoms with E-state index in [9.17, 15) is 0 Å². The van der Waals surface area contributed by atoms with Crippen molar-refractivity contribution in [3.05, 3.63) is 328 Å². The Kier molecular flexibility index (Phi) is 12.2. The van der Waals surface area contributed by atoms with Crippen molar-refractivity contribution in [1.29, 1.82) is 0 Å². The fourth-order valence-corrected chi connectivity index (χ4v) is 13.3. The van der Waals surface area contributed by atoms with Crippen molar-refractivity contribution in [2.45, 2.75) is 0 Å². The van der Waals surface area contributed by atoms with Crippen molar-refractivity contribution in [1.82, 2.24) is 9.13 Å². The number of furan rings is 2. The van der Waals surface area contributed by atoms with Crippen LogP contribution in [0.5, 0.6) is 0 Å². The van der Waals surface area contributed by atoms with Gasteiger partial charge in [-0.05, 0) is 158 Å². The van der Waals surface area contributed by atoms with Gasteiger partial charge in [0.15, 0.2) is 0 Å². The number of fused-ring (bicyclic) bond motifs is 12. The van der Waals surface area contributed by atoms with E-state index in [-0.39, 0.29) is 0 Å². The van der Waals surface area contributed by atoms with Gasteiger partial charge in [0.2, 0.25) is 0 Å². The molecule has 0 N–H and O–H groups in total. The Morgan fingerprint density at radius 3 is 0.886 bits per heavy atom. The van der Waals surface area contributed by atoms with Gasteiger partial charge in [-0.3, -0.25) is 0 Å². The van der Waals surface area contributed by atoms with Crippen LogP contribution in [-0.4, -0.2) is 9.13 Å². The Morgan fingerprint density at radius 1 is 0.159 bits per heavy atom. The molecule has 0 bridgehead atoms. The standard InChI is InChI=1S/2C42H27NO/c1-3-12-28(13-4-1)30-16-11-17-31(22-30)33-23-32(29-14-5-2-6-15-29)24-34(25-33)43-39-20-9-7-18-35(39)37-27-42-38(26-40(37)43)36-19-8-10-21-41(36)44-42;1-3-11-28(12-4-1)30-19-21-31(22-20-30)33-23-32(29-13-5-2-6-14-29)24-34(25-33)43-39-17-9-7-15-35(39)37-27-42-38(26-40(37)43)36-16-8-10-18-41(36)44-42/h2*1-27H. The Hall–Kier alpha value is -11.7. The molecule has 4 heterocycles. The van der Waals surface area contributed by atoms with Crippen LogP contribution in [0.4, 0.5) is 0 Å². The SMILES string of the molecule is c1ccc(-c2ccc(-c3cc(-c4ccccc4)cc(-n4c5ccccc5c5cc6oc7ccccc7c6cc54)c3)cc2)cc1.c1ccc(-c2cccc(-c3cc(-c4ccccc4)cc(-n4c5ccccc5c5cc6oc7ccccc7c6cc54)c3)c2)cc1.